The second-order valence-corrected chi connectivity index (χ2v) is 14.0. The predicted octanol–water partition coefficient (Wildman–Crippen LogP) is 4.67. The van der Waals surface area contributed by atoms with Crippen LogP contribution >= 0.6 is 0 Å². The molecule has 2 atom stereocenters. The van der Waals surface area contributed by atoms with E-state index in [2.05, 4.69) is 28.2 Å². The first-order valence-electron chi connectivity index (χ1n) is 20.5. The van der Waals surface area contributed by atoms with Gasteiger partial charge in [0, 0.05) is 19.5 Å². The van der Waals surface area contributed by atoms with E-state index in [1.807, 2.05) is 0 Å². The van der Waals surface area contributed by atoms with E-state index in [4.69, 9.17) is 28.0 Å². The Hall–Kier alpha value is -1.97. The third kappa shape index (κ3) is 33.8. The van der Waals surface area contributed by atoms with E-state index in [1.54, 1.807) is 0 Å². The molecular formula is C38H80F2N8O4. The summed E-state index contributed by atoms with van der Waals surface area (Å²) in [6.45, 7) is 8.43. The second-order valence-electron chi connectivity index (χ2n) is 14.0. The van der Waals surface area contributed by atoms with E-state index >= 15 is 0 Å². The number of nitrogens with two attached hydrogens (primary N) is 4. The topological polar surface area (TPSA) is 224 Å². The summed E-state index contributed by atoms with van der Waals surface area (Å²) in [5.41, 5.74) is 19.1. The Kier molecular flexibility index (Phi) is 38.8. The van der Waals surface area contributed by atoms with Gasteiger partial charge in [0.2, 0.25) is 11.8 Å². The van der Waals surface area contributed by atoms with Gasteiger partial charge in [-0.25, -0.2) is 13.6 Å². The van der Waals surface area contributed by atoms with Gasteiger partial charge in [-0.2, -0.15) is 0 Å². The molecule has 0 saturated carbocycles. The third-order valence-electron chi connectivity index (χ3n) is 9.03. The van der Waals surface area contributed by atoms with E-state index in [0.717, 1.165) is 84.1 Å². The molecule has 0 aromatic carbocycles. The lowest BCUT2D eigenvalue weighted by Crippen LogP contribution is -2.54. The molecule has 0 aliphatic rings. The van der Waals surface area contributed by atoms with Gasteiger partial charge in [-0.3, -0.25) is 9.59 Å². The van der Waals surface area contributed by atoms with Crippen LogP contribution in [-0.4, -0.2) is 93.3 Å². The zero-order valence-electron chi connectivity index (χ0n) is 32.8. The van der Waals surface area contributed by atoms with Crippen LogP contribution in [0.2, 0.25) is 0 Å². The summed E-state index contributed by atoms with van der Waals surface area (Å²) in [5, 5.41) is 21.1. The number of unbranched alkanes of at least 4 members (excludes halogenated alkanes) is 14. The zero-order valence-corrected chi connectivity index (χ0v) is 32.8. The first kappa shape index (κ1) is 52.1. The van der Waals surface area contributed by atoms with Crippen LogP contribution in [0.3, 0.4) is 0 Å². The fraction of sp³-hybridized carbons (Fsp3) is 0.921. The number of aliphatic carboxylic acids is 1. The van der Waals surface area contributed by atoms with Gasteiger partial charge >= 0.3 is 5.97 Å². The molecule has 0 rings (SSSR count). The summed E-state index contributed by atoms with van der Waals surface area (Å²) in [5.74, 6) is -1.61. The molecule has 0 radical (unpaired) electrons. The quantitative estimate of drug-likeness (QED) is 0.0399. The predicted molar refractivity (Wildman–Crippen MR) is 210 cm³/mol. The molecule has 0 aromatic heterocycles. The van der Waals surface area contributed by atoms with Gasteiger partial charge in [0.05, 0.1) is 6.04 Å². The van der Waals surface area contributed by atoms with Crippen molar-refractivity contribution in [2.75, 3.05) is 52.4 Å². The molecular weight excluding hydrogens is 670 g/mol. The summed E-state index contributed by atoms with van der Waals surface area (Å²) in [6, 6.07) is -0.471. The Balaban J connectivity index is 0. The number of amides is 2. The Bertz CT molecular complexity index is 832. The molecule has 0 aliphatic carbocycles. The van der Waals surface area contributed by atoms with Gasteiger partial charge in [-0.15, -0.1) is 0 Å². The van der Waals surface area contributed by atoms with Crippen LogP contribution in [0.5, 0.6) is 0 Å². The maximum absolute atomic E-state index is 12.2. The highest BCUT2D eigenvalue weighted by molar-refractivity contribution is 5.81. The smallest absolute Gasteiger partial charge is 0.329 e. The van der Waals surface area contributed by atoms with Crippen molar-refractivity contribution >= 4 is 17.8 Å². The normalized spacial score (nSPS) is 12.9. The number of alkyl halides is 2. The summed E-state index contributed by atoms with van der Waals surface area (Å²) in [7, 11) is 0. The molecule has 12 nitrogen and oxygen atoms in total. The van der Waals surface area contributed by atoms with Crippen molar-refractivity contribution in [2.24, 2.45) is 22.9 Å². The Morgan fingerprint density at radius 2 is 1.08 bits per heavy atom. The number of nitrogens with one attached hydrogen (secondary N) is 4. The fourth-order valence-corrected chi connectivity index (χ4v) is 5.48. The molecule has 14 heteroatoms. The van der Waals surface area contributed by atoms with Gasteiger partial charge in [0.15, 0.2) is 5.54 Å². The molecule has 1 unspecified atom stereocenters. The van der Waals surface area contributed by atoms with Gasteiger partial charge in [-0.1, -0.05) is 84.0 Å². The van der Waals surface area contributed by atoms with Crippen LogP contribution in [0.1, 0.15) is 155 Å². The minimum Gasteiger partial charge on any atom is -0.480 e. The first-order valence-corrected chi connectivity index (χ1v) is 20.5. The fourth-order valence-electron chi connectivity index (χ4n) is 5.48. The summed E-state index contributed by atoms with van der Waals surface area (Å²) in [6.07, 6.45) is 21.1. The van der Waals surface area contributed by atoms with Crippen LogP contribution in [0, 0.1) is 0 Å². The van der Waals surface area contributed by atoms with Crippen LogP contribution in [0.25, 0.3) is 0 Å². The summed E-state index contributed by atoms with van der Waals surface area (Å²) < 4.78 is 24.2. The van der Waals surface area contributed by atoms with Crippen molar-refractivity contribution in [3.05, 3.63) is 0 Å². The number of carboxylic acids is 1. The second kappa shape index (κ2) is 38.7. The molecule has 52 heavy (non-hydrogen) atoms. The first-order chi connectivity index (χ1) is 25.1. The molecule has 0 aromatic rings. The Morgan fingerprint density at radius 1 is 0.615 bits per heavy atom. The summed E-state index contributed by atoms with van der Waals surface area (Å²) in [4.78, 5) is 34.5. The number of rotatable bonds is 37. The minimum atomic E-state index is -3.07. The van der Waals surface area contributed by atoms with Crippen molar-refractivity contribution in [1.82, 2.24) is 21.3 Å². The number of hydrogen-bond donors (Lipinski definition) is 9. The monoisotopic (exact) mass is 751 g/mol. The number of carboxylic acid groups (broad SMARTS) is 1. The average Bonchev–Trinajstić information content (AvgIpc) is 3.12. The van der Waals surface area contributed by atoms with Gasteiger partial charge in [-0.05, 0) is 103 Å². The third-order valence-corrected chi connectivity index (χ3v) is 9.03. The van der Waals surface area contributed by atoms with Crippen molar-refractivity contribution < 1.29 is 28.3 Å². The van der Waals surface area contributed by atoms with Crippen molar-refractivity contribution in [3.8, 4) is 0 Å². The lowest BCUT2D eigenvalue weighted by Gasteiger charge is -2.22. The number of hydrogen-bond acceptors (Lipinski definition) is 9. The van der Waals surface area contributed by atoms with E-state index < -0.39 is 24.0 Å². The highest BCUT2D eigenvalue weighted by atomic mass is 19.3. The maximum atomic E-state index is 12.2. The van der Waals surface area contributed by atoms with Crippen LogP contribution < -0.4 is 44.2 Å². The van der Waals surface area contributed by atoms with Gasteiger partial charge in [0.1, 0.15) is 0 Å². The molecule has 0 aliphatic heterocycles. The van der Waals surface area contributed by atoms with Crippen molar-refractivity contribution in [2.45, 2.75) is 173 Å². The molecule has 0 bridgehead atoms. The molecule has 13 N–H and O–H groups in total. The molecule has 0 spiro atoms. The van der Waals surface area contributed by atoms with Crippen molar-refractivity contribution in [3.63, 3.8) is 0 Å². The van der Waals surface area contributed by atoms with Crippen LogP contribution in [0.15, 0.2) is 0 Å². The lowest BCUT2D eigenvalue weighted by atomic mass is 9.95. The Morgan fingerprint density at radius 3 is 1.58 bits per heavy atom. The minimum absolute atomic E-state index is 0.0741. The zero-order chi connectivity index (χ0) is 39.1. The van der Waals surface area contributed by atoms with E-state index in [-0.39, 0.29) is 31.2 Å². The number of carbonyl (C=O) groups is 3. The standard InChI is InChI=1S/C32H68N6O2.C6H12F2N2O2/c1-2-3-4-5-6-7-8-9-10-11-12-13-14-22-31(39)37-28-16-15-21-30(34)32(40)38-29-20-27-36-25-18-17-24-35-26-19-23-33;7-4(8)6(10,5(11)12)2-1-3-9/h30,35-36H,2-29,33-34H2,1H3,(H,37,39)(H,38,40);4H,1-3,9-10H2,(H,11,12)/t30-;/m1./s1. The van der Waals surface area contributed by atoms with E-state index in [9.17, 15) is 23.2 Å². The van der Waals surface area contributed by atoms with E-state index in [1.165, 1.54) is 70.6 Å². The Labute approximate surface area is 314 Å². The molecule has 2 amide bonds. The van der Waals surface area contributed by atoms with Gasteiger partial charge in [0.25, 0.3) is 6.43 Å². The maximum Gasteiger partial charge on any atom is 0.329 e. The molecule has 0 saturated heterocycles. The van der Waals surface area contributed by atoms with Crippen LogP contribution in [-0.2, 0) is 14.4 Å². The molecule has 0 heterocycles. The molecule has 310 valence electrons. The average molecular weight is 751 g/mol. The highest BCUT2D eigenvalue weighted by Gasteiger charge is 2.43. The van der Waals surface area contributed by atoms with Gasteiger partial charge < -0.3 is 49.3 Å². The lowest BCUT2D eigenvalue weighted by molar-refractivity contribution is -0.150. The van der Waals surface area contributed by atoms with E-state index in [0.29, 0.717) is 25.9 Å². The number of carbonyl (C=O) groups excluding carboxylic acids is 2. The number of halogens is 2. The SMILES string of the molecule is CCCCCCCCCCCCCCCC(=O)NCCCC[C@@H](N)C(=O)NCCCNCCCCNCCCN.NCCCC(N)(C(=O)O)C(F)F. The van der Waals surface area contributed by atoms with Crippen LogP contribution in [0.4, 0.5) is 8.78 Å². The molecule has 0 fully saturated rings. The van der Waals surface area contributed by atoms with Crippen molar-refractivity contribution in [1.29, 1.82) is 0 Å². The largest absolute Gasteiger partial charge is 0.480 e. The summed E-state index contributed by atoms with van der Waals surface area (Å²) >= 11 is 0. The highest BCUT2D eigenvalue weighted by Crippen LogP contribution is 2.19.